The fourth-order valence-corrected chi connectivity index (χ4v) is 5.69. The van der Waals surface area contributed by atoms with E-state index in [2.05, 4.69) is 20.1 Å². The van der Waals surface area contributed by atoms with Gasteiger partial charge in [0.25, 0.3) is 5.89 Å². The Morgan fingerprint density at radius 3 is 2.37 bits per heavy atom. The monoisotopic (exact) mass is 581 g/mol. The highest BCUT2D eigenvalue weighted by molar-refractivity contribution is 5.98. The van der Waals surface area contributed by atoms with Gasteiger partial charge in [-0.15, -0.1) is 0 Å². The van der Waals surface area contributed by atoms with Gasteiger partial charge in [0.15, 0.2) is 5.84 Å². The first-order valence-corrected chi connectivity index (χ1v) is 14.4. The highest BCUT2D eigenvalue weighted by Gasteiger charge is 2.24. The Bertz CT molecular complexity index is 1670. The highest BCUT2D eigenvalue weighted by Crippen LogP contribution is 2.37. The van der Waals surface area contributed by atoms with Gasteiger partial charge in [0.2, 0.25) is 11.5 Å². The Kier molecular flexibility index (Phi) is 9.04. The number of nitrogens with zero attached hydrogens (tertiary/aromatic N) is 4. The van der Waals surface area contributed by atoms with E-state index in [4.69, 9.17) is 26.8 Å². The largest absolute Gasteiger partial charge is 0.502 e. The molecule has 3 aromatic carbocycles. The van der Waals surface area contributed by atoms with Crippen molar-refractivity contribution >= 4 is 11.5 Å². The molecule has 1 heterocycles. The lowest BCUT2D eigenvalue weighted by molar-refractivity contribution is 0.156. The van der Waals surface area contributed by atoms with E-state index in [1.54, 1.807) is 12.1 Å². The van der Waals surface area contributed by atoms with Gasteiger partial charge in [0.05, 0.1) is 24.9 Å². The number of rotatable bonds is 5. The van der Waals surface area contributed by atoms with Gasteiger partial charge >= 0.3 is 0 Å². The highest BCUT2D eigenvalue weighted by atomic mass is 16.5. The lowest BCUT2D eigenvalue weighted by Crippen LogP contribution is -2.19. The molecular formula is C33H35N5O5. The van der Waals surface area contributed by atoms with Crippen LogP contribution in [0.25, 0.3) is 27.7 Å². The Hall–Kier alpha value is -4.72. The minimum atomic E-state index is -0.440. The van der Waals surface area contributed by atoms with Gasteiger partial charge < -0.3 is 30.4 Å². The Balaban J connectivity index is 0.000000207. The summed E-state index contributed by atoms with van der Waals surface area (Å²) in [6.07, 6.45) is 4.32. The average molecular weight is 582 g/mol. The van der Waals surface area contributed by atoms with Gasteiger partial charge in [-0.3, -0.25) is 0 Å². The first kappa shape index (κ1) is 29.8. The van der Waals surface area contributed by atoms with E-state index < -0.39 is 12.2 Å². The quantitative estimate of drug-likeness (QED) is 0.0708. The number of aromatic nitrogens is 2. The summed E-state index contributed by atoms with van der Waals surface area (Å²) in [5, 5.41) is 35.9. The molecule has 2 aliphatic rings. The third-order valence-corrected chi connectivity index (χ3v) is 7.69. The standard InChI is InChI=1S/C22H21N3O3.C11H14N2O2/c1-13(2)27-20-11-10-14(12-18(20)23-3)22-24-21(25-28-22)17-8-4-7-16-15(17)6-5-9-19(16)26;12-11(13-15)9-5-1-4-8-7(9)3-2-6-10(8)14/h4,7-8,10-13,19,26H,5-6,9H2,1-2H3;1,4-5,10,14-15H,2-3,6H2,(H2,12,13)/t19-;10-/m11/s1. The van der Waals surface area contributed by atoms with Gasteiger partial charge in [-0.25, -0.2) is 4.85 Å². The maximum Gasteiger partial charge on any atom is 0.256 e. The van der Waals surface area contributed by atoms with Gasteiger partial charge in [0, 0.05) is 16.7 Å². The van der Waals surface area contributed by atoms with Crippen molar-refractivity contribution in [1.82, 2.24) is 10.1 Å². The maximum absolute atomic E-state index is 10.3. The molecule has 2 atom stereocenters. The van der Waals surface area contributed by atoms with Crippen LogP contribution in [0.3, 0.4) is 0 Å². The lowest BCUT2D eigenvalue weighted by Gasteiger charge is -2.23. The molecule has 0 saturated heterocycles. The van der Waals surface area contributed by atoms with Crippen molar-refractivity contribution in [2.24, 2.45) is 10.9 Å². The van der Waals surface area contributed by atoms with E-state index in [1.165, 1.54) is 0 Å². The molecule has 222 valence electrons. The molecule has 1 aromatic heterocycles. The summed E-state index contributed by atoms with van der Waals surface area (Å²) in [5.41, 5.74) is 12.2. The molecular weight excluding hydrogens is 546 g/mol. The SMILES string of the molecule is NC(=NO)c1cccc2c1CCC[C@H]2O.[C-]#[N+]c1cc(-c2nc(-c3cccc4c3CCC[C@H]4O)no2)ccc1OC(C)C. The van der Waals surface area contributed by atoms with Crippen LogP contribution in [0.1, 0.15) is 79.6 Å². The minimum absolute atomic E-state index is 0.0130. The number of amidine groups is 1. The first-order chi connectivity index (χ1) is 20.8. The normalized spacial score (nSPS) is 17.7. The number of hydrogen-bond donors (Lipinski definition) is 4. The second-order valence-electron chi connectivity index (χ2n) is 10.9. The molecule has 0 saturated carbocycles. The van der Waals surface area contributed by atoms with Crippen molar-refractivity contribution in [1.29, 1.82) is 0 Å². The first-order valence-electron chi connectivity index (χ1n) is 14.4. The number of hydrogen-bond acceptors (Lipinski definition) is 8. The fraction of sp³-hybridized carbons (Fsp3) is 0.333. The lowest BCUT2D eigenvalue weighted by atomic mass is 9.86. The summed E-state index contributed by atoms with van der Waals surface area (Å²) in [6.45, 7) is 11.2. The smallest absolute Gasteiger partial charge is 0.256 e. The van der Waals surface area contributed by atoms with Crippen LogP contribution in [0.2, 0.25) is 0 Å². The van der Waals surface area contributed by atoms with Crippen LogP contribution in [0, 0.1) is 6.57 Å². The molecule has 4 aromatic rings. The minimum Gasteiger partial charge on any atom is -0.502 e. The fourth-order valence-electron chi connectivity index (χ4n) is 5.69. The third-order valence-electron chi connectivity index (χ3n) is 7.69. The van der Waals surface area contributed by atoms with Crippen LogP contribution < -0.4 is 10.5 Å². The van der Waals surface area contributed by atoms with E-state index in [-0.39, 0.29) is 11.9 Å². The zero-order valence-corrected chi connectivity index (χ0v) is 24.2. The van der Waals surface area contributed by atoms with Crippen molar-refractivity contribution in [3.05, 3.63) is 93.8 Å². The predicted octanol–water partition coefficient (Wildman–Crippen LogP) is 6.26. The van der Waals surface area contributed by atoms with E-state index in [0.717, 1.165) is 71.9 Å². The van der Waals surface area contributed by atoms with Crippen LogP contribution in [0.5, 0.6) is 5.75 Å². The molecule has 5 N–H and O–H groups in total. The van der Waals surface area contributed by atoms with Crippen molar-refractivity contribution in [3.8, 4) is 28.6 Å². The summed E-state index contributed by atoms with van der Waals surface area (Å²) in [5.74, 6) is 1.50. The molecule has 10 heteroatoms. The van der Waals surface area contributed by atoms with Crippen LogP contribution in [-0.2, 0) is 12.8 Å². The number of aliphatic hydroxyl groups is 2. The van der Waals surface area contributed by atoms with Gasteiger partial charge in [-0.1, -0.05) is 46.7 Å². The van der Waals surface area contributed by atoms with E-state index in [9.17, 15) is 10.2 Å². The van der Waals surface area contributed by atoms with Crippen LogP contribution >= 0.6 is 0 Å². The predicted molar refractivity (Wildman–Crippen MR) is 162 cm³/mol. The maximum atomic E-state index is 10.3. The summed E-state index contributed by atoms with van der Waals surface area (Å²) in [7, 11) is 0. The summed E-state index contributed by atoms with van der Waals surface area (Å²) in [4.78, 5) is 8.09. The molecule has 0 radical (unpaired) electrons. The number of aliphatic hydroxyl groups excluding tert-OH is 2. The van der Waals surface area contributed by atoms with Crippen LogP contribution in [0.4, 0.5) is 5.69 Å². The zero-order valence-electron chi connectivity index (χ0n) is 24.2. The van der Waals surface area contributed by atoms with Gasteiger partial charge in [-0.05, 0) is 92.8 Å². The molecule has 0 amide bonds. The summed E-state index contributed by atoms with van der Waals surface area (Å²) in [6, 6.07) is 16.6. The van der Waals surface area contributed by atoms with Gasteiger partial charge in [0.1, 0.15) is 5.75 Å². The molecule has 0 fully saturated rings. The Labute approximate surface area is 250 Å². The summed E-state index contributed by atoms with van der Waals surface area (Å²) < 4.78 is 11.1. The van der Waals surface area contributed by atoms with Crippen LogP contribution in [-0.4, -0.2) is 37.5 Å². The molecule has 0 unspecified atom stereocenters. The van der Waals surface area contributed by atoms with E-state index >= 15 is 0 Å². The number of nitrogens with two attached hydrogens (primary N) is 1. The van der Waals surface area contributed by atoms with Crippen molar-refractivity contribution < 1.29 is 24.7 Å². The van der Waals surface area contributed by atoms with Crippen LogP contribution in [0.15, 0.2) is 64.3 Å². The molecule has 10 nitrogen and oxygen atoms in total. The Morgan fingerprint density at radius 1 is 1.02 bits per heavy atom. The molecule has 43 heavy (non-hydrogen) atoms. The average Bonchev–Trinajstić information content (AvgIpc) is 3.51. The summed E-state index contributed by atoms with van der Waals surface area (Å²) >= 11 is 0. The molecule has 0 spiro atoms. The van der Waals surface area contributed by atoms with Gasteiger partial charge in [-0.2, -0.15) is 4.98 Å². The number of benzene rings is 3. The van der Waals surface area contributed by atoms with E-state index in [0.29, 0.717) is 28.7 Å². The number of fused-ring (bicyclic) bond motifs is 2. The topological polar surface area (TPSA) is 152 Å². The van der Waals surface area contributed by atoms with E-state index in [1.807, 2.05) is 56.3 Å². The zero-order chi connectivity index (χ0) is 30.5. The third kappa shape index (κ3) is 6.38. The Morgan fingerprint density at radius 2 is 1.70 bits per heavy atom. The van der Waals surface area contributed by atoms with Crippen molar-refractivity contribution in [2.45, 2.75) is 70.7 Å². The second kappa shape index (κ2) is 13.1. The number of ether oxygens (including phenoxy) is 1. The second-order valence-corrected chi connectivity index (χ2v) is 10.9. The molecule has 6 rings (SSSR count). The molecule has 0 bridgehead atoms. The molecule has 0 aliphatic heterocycles. The van der Waals surface area contributed by atoms with Crippen molar-refractivity contribution in [3.63, 3.8) is 0 Å². The van der Waals surface area contributed by atoms with Crippen molar-refractivity contribution in [2.75, 3.05) is 0 Å². The number of oxime groups is 1. The molecule has 2 aliphatic carbocycles.